The number of hydrogen-bond donors (Lipinski definition) is 1. The Balaban J connectivity index is 0. The van der Waals surface area contributed by atoms with Gasteiger partial charge >= 0.3 is 6.18 Å². The van der Waals surface area contributed by atoms with Crippen molar-refractivity contribution in [2.24, 2.45) is 0 Å². The van der Waals surface area contributed by atoms with E-state index in [1.165, 1.54) is 12.2 Å². The second kappa shape index (κ2) is 11.0. The molecule has 0 saturated carbocycles. The summed E-state index contributed by atoms with van der Waals surface area (Å²) in [5.74, 6) is 0. The predicted molar refractivity (Wildman–Crippen MR) is 63.5 cm³/mol. The molecule has 0 bridgehead atoms. The molecule has 0 aliphatic heterocycles. The van der Waals surface area contributed by atoms with E-state index in [4.69, 9.17) is 0 Å². The van der Waals surface area contributed by atoms with Gasteiger partial charge in [0.2, 0.25) is 6.41 Å². The molecular weight excluding hydrogens is 231 g/mol. The van der Waals surface area contributed by atoms with E-state index in [2.05, 4.69) is 11.9 Å². The number of hydrogen-bond acceptors (Lipinski definition) is 1. The van der Waals surface area contributed by atoms with Gasteiger partial charge in [0.1, 0.15) is 0 Å². The van der Waals surface area contributed by atoms with Gasteiger partial charge in [0, 0.05) is 12.6 Å². The molecule has 0 atom stereocenters. The Morgan fingerprint density at radius 3 is 2.35 bits per heavy atom. The van der Waals surface area contributed by atoms with E-state index in [0.717, 1.165) is 6.08 Å². The Hall–Kier alpha value is -1.52. The maximum absolute atomic E-state index is 11.6. The molecule has 0 unspecified atom stereocenters. The second-order valence-electron chi connectivity index (χ2n) is 2.74. The minimum Gasteiger partial charge on any atom is -0.358 e. The van der Waals surface area contributed by atoms with Crippen LogP contribution in [0.2, 0.25) is 0 Å². The maximum Gasteiger partial charge on any atom is 0.409 e. The van der Waals surface area contributed by atoms with Gasteiger partial charge in [-0.15, -0.1) is 0 Å². The molecule has 5 heteroatoms. The highest BCUT2D eigenvalue weighted by atomic mass is 19.4. The Morgan fingerprint density at radius 2 is 1.88 bits per heavy atom. The van der Waals surface area contributed by atoms with Crippen molar-refractivity contribution in [3.63, 3.8) is 0 Å². The molecule has 0 heterocycles. The smallest absolute Gasteiger partial charge is 0.358 e. The van der Waals surface area contributed by atoms with Crippen LogP contribution in [0.5, 0.6) is 0 Å². The molecule has 98 valence electrons. The SMILES string of the molecule is C=C(/C=C\C=C\C(F)(F)F)CCNC=O.CC. The summed E-state index contributed by atoms with van der Waals surface area (Å²) < 4.78 is 34.9. The summed E-state index contributed by atoms with van der Waals surface area (Å²) in [6.07, 6.45) is 0.546. The Bertz CT molecular complexity index is 267. The number of nitrogens with one attached hydrogen (secondary N) is 1. The predicted octanol–water partition coefficient (Wildman–Crippen LogP) is 3.38. The number of carbonyl (C=O) groups is 1. The molecule has 2 nitrogen and oxygen atoms in total. The average Bonchev–Trinajstić information content (AvgIpc) is 2.26. The monoisotopic (exact) mass is 249 g/mol. The first-order valence-corrected chi connectivity index (χ1v) is 5.23. The molecule has 0 aromatic carbocycles. The molecule has 0 aromatic heterocycles. The van der Waals surface area contributed by atoms with Gasteiger partial charge in [-0.3, -0.25) is 4.79 Å². The summed E-state index contributed by atoms with van der Waals surface area (Å²) in [6, 6.07) is 0. The third-order valence-corrected chi connectivity index (χ3v) is 1.40. The molecule has 0 aliphatic carbocycles. The minimum atomic E-state index is -4.29. The van der Waals surface area contributed by atoms with Crippen molar-refractivity contribution in [2.45, 2.75) is 26.4 Å². The number of halogens is 3. The van der Waals surface area contributed by atoms with E-state index in [1.54, 1.807) is 0 Å². The lowest BCUT2D eigenvalue weighted by atomic mass is 10.2. The summed E-state index contributed by atoms with van der Waals surface area (Å²) in [6.45, 7) is 8.03. The molecule has 0 fully saturated rings. The Kier molecular flexibility index (Phi) is 11.5. The van der Waals surface area contributed by atoms with Gasteiger partial charge < -0.3 is 5.32 Å². The number of amides is 1. The first kappa shape index (κ1) is 17.9. The summed E-state index contributed by atoms with van der Waals surface area (Å²) in [4.78, 5) is 9.86. The van der Waals surface area contributed by atoms with Crippen molar-refractivity contribution in [1.29, 1.82) is 0 Å². The lowest BCUT2D eigenvalue weighted by Crippen LogP contribution is -2.11. The fourth-order valence-electron chi connectivity index (χ4n) is 0.731. The van der Waals surface area contributed by atoms with Gasteiger partial charge in [-0.25, -0.2) is 0 Å². The number of allylic oxidation sites excluding steroid dienone is 4. The number of alkyl halides is 3. The van der Waals surface area contributed by atoms with Crippen molar-refractivity contribution in [3.05, 3.63) is 36.5 Å². The molecule has 0 aliphatic rings. The topological polar surface area (TPSA) is 29.1 Å². The highest BCUT2D eigenvalue weighted by Gasteiger charge is 2.21. The fraction of sp³-hybridized carbons (Fsp3) is 0.417. The normalized spacial score (nSPS) is 11.1. The molecule has 0 rings (SSSR count). The van der Waals surface area contributed by atoms with Gasteiger partial charge in [-0.05, 0) is 6.42 Å². The molecule has 0 radical (unpaired) electrons. The molecule has 1 N–H and O–H groups in total. The summed E-state index contributed by atoms with van der Waals surface area (Å²) in [5.41, 5.74) is 0.649. The molecule has 17 heavy (non-hydrogen) atoms. The zero-order valence-corrected chi connectivity index (χ0v) is 10.1. The third kappa shape index (κ3) is 17.1. The minimum absolute atomic E-state index is 0.139. The fourth-order valence-corrected chi connectivity index (χ4v) is 0.731. The van der Waals surface area contributed by atoms with E-state index in [1.807, 2.05) is 13.8 Å². The number of carbonyl (C=O) groups excluding carboxylic acids is 1. The van der Waals surface area contributed by atoms with Crippen LogP contribution in [-0.2, 0) is 4.79 Å². The van der Waals surface area contributed by atoms with Crippen LogP contribution in [0.3, 0.4) is 0 Å². The standard InChI is InChI=1S/C10H12F3NO.C2H6/c1-9(5-7-14-8-15)4-2-3-6-10(11,12)13;1-2/h2-4,6,8H,1,5,7H2,(H,14,15);1-2H3/b4-2-,6-3+;. The molecule has 0 aromatic rings. The first-order chi connectivity index (χ1) is 7.95. The molecule has 1 amide bonds. The van der Waals surface area contributed by atoms with Crippen molar-refractivity contribution in [3.8, 4) is 0 Å². The van der Waals surface area contributed by atoms with Crippen LogP contribution in [0.4, 0.5) is 13.2 Å². The van der Waals surface area contributed by atoms with Gasteiger partial charge in [0.15, 0.2) is 0 Å². The van der Waals surface area contributed by atoms with E-state index in [0.29, 0.717) is 24.9 Å². The first-order valence-electron chi connectivity index (χ1n) is 5.23. The van der Waals surface area contributed by atoms with Gasteiger partial charge in [0.25, 0.3) is 0 Å². The highest BCUT2D eigenvalue weighted by Crippen LogP contribution is 2.15. The van der Waals surface area contributed by atoms with Crippen LogP contribution in [0, 0.1) is 0 Å². The summed E-state index contributed by atoms with van der Waals surface area (Å²) >= 11 is 0. The maximum atomic E-state index is 11.6. The Morgan fingerprint density at radius 1 is 1.29 bits per heavy atom. The van der Waals surface area contributed by atoms with Gasteiger partial charge in [0.05, 0.1) is 0 Å². The Labute approximate surface area is 99.9 Å². The van der Waals surface area contributed by atoms with Crippen molar-refractivity contribution in [1.82, 2.24) is 5.32 Å². The van der Waals surface area contributed by atoms with Crippen LogP contribution >= 0.6 is 0 Å². The third-order valence-electron chi connectivity index (χ3n) is 1.40. The summed E-state index contributed by atoms with van der Waals surface area (Å²) in [5, 5.41) is 2.42. The van der Waals surface area contributed by atoms with E-state index >= 15 is 0 Å². The van der Waals surface area contributed by atoms with Crippen molar-refractivity contribution in [2.75, 3.05) is 6.54 Å². The van der Waals surface area contributed by atoms with E-state index in [9.17, 15) is 18.0 Å². The second-order valence-corrected chi connectivity index (χ2v) is 2.74. The van der Waals surface area contributed by atoms with Gasteiger partial charge in [-0.1, -0.05) is 44.2 Å². The molecular formula is C12H18F3NO. The van der Waals surface area contributed by atoms with Crippen LogP contribution < -0.4 is 5.32 Å². The van der Waals surface area contributed by atoms with Crippen molar-refractivity contribution < 1.29 is 18.0 Å². The van der Waals surface area contributed by atoms with Crippen LogP contribution in [0.15, 0.2) is 36.5 Å². The molecule has 0 saturated heterocycles. The lowest BCUT2D eigenvalue weighted by Gasteiger charge is -1.98. The van der Waals surface area contributed by atoms with Crippen LogP contribution in [-0.4, -0.2) is 19.1 Å². The van der Waals surface area contributed by atoms with E-state index < -0.39 is 6.18 Å². The highest BCUT2D eigenvalue weighted by molar-refractivity contribution is 5.45. The van der Waals surface area contributed by atoms with Crippen LogP contribution in [0.1, 0.15) is 20.3 Å². The largest absolute Gasteiger partial charge is 0.409 e. The zero-order chi connectivity index (χ0) is 13.7. The quantitative estimate of drug-likeness (QED) is 0.436. The van der Waals surface area contributed by atoms with Crippen molar-refractivity contribution >= 4 is 6.41 Å². The van der Waals surface area contributed by atoms with Gasteiger partial charge in [-0.2, -0.15) is 13.2 Å². The lowest BCUT2D eigenvalue weighted by molar-refractivity contribution is -0.109. The summed E-state index contributed by atoms with van der Waals surface area (Å²) in [7, 11) is 0. The molecule has 0 spiro atoms. The zero-order valence-electron chi connectivity index (χ0n) is 10.1. The average molecular weight is 249 g/mol. The number of rotatable bonds is 6. The van der Waals surface area contributed by atoms with E-state index in [-0.39, 0.29) is 6.08 Å². The van der Waals surface area contributed by atoms with Crippen LogP contribution in [0.25, 0.3) is 0 Å².